The van der Waals surface area contributed by atoms with Gasteiger partial charge < -0.3 is 10.6 Å². The molecule has 2 unspecified atom stereocenters. The van der Waals surface area contributed by atoms with Gasteiger partial charge in [0, 0.05) is 26.1 Å². The minimum Gasteiger partial charge on any atom is -0.342 e. The molecular formula is C16H25ClN2O. The van der Waals surface area contributed by atoms with Crippen LogP contribution in [0.5, 0.6) is 0 Å². The number of carbonyl (C=O) groups excluding carboxylic acids is 1. The Morgan fingerprint density at radius 3 is 2.70 bits per heavy atom. The fraction of sp³-hybridized carbons (Fsp3) is 0.562. The second-order valence-electron chi connectivity index (χ2n) is 5.67. The maximum absolute atomic E-state index is 12.2. The average Bonchev–Trinajstić information content (AvgIpc) is 2.45. The van der Waals surface area contributed by atoms with Crippen molar-refractivity contribution in [2.45, 2.75) is 38.6 Å². The average molecular weight is 297 g/mol. The first-order valence-corrected chi connectivity index (χ1v) is 7.14. The number of aryl methyl sites for hydroxylation is 1. The van der Waals surface area contributed by atoms with E-state index in [0.717, 1.165) is 19.3 Å². The number of nitrogens with zero attached hydrogens (tertiary/aromatic N) is 1. The van der Waals surface area contributed by atoms with E-state index < -0.39 is 0 Å². The van der Waals surface area contributed by atoms with Gasteiger partial charge in [0.1, 0.15) is 0 Å². The Morgan fingerprint density at radius 2 is 2.05 bits per heavy atom. The number of amides is 1. The van der Waals surface area contributed by atoms with E-state index in [9.17, 15) is 4.79 Å². The zero-order valence-corrected chi connectivity index (χ0v) is 13.2. The Bertz CT molecular complexity index is 450. The molecule has 20 heavy (non-hydrogen) atoms. The van der Waals surface area contributed by atoms with Crippen molar-refractivity contribution >= 4 is 18.3 Å². The molecular weight excluding hydrogens is 272 g/mol. The van der Waals surface area contributed by atoms with Crippen LogP contribution in [0.25, 0.3) is 0 Å². The SMILES string of the molecule is CC(CN)N(C)C(=O)CC1CCc2ccccc2C1.Cl. The molecule has 1 aromatic rings. The van der Waals surface area contributed by atoms with Gasteiger partial charge in [-0.15, -0.1) is 12.4 Å². The first kappa shape index (κ1) is 17.0. The summed E-state index contributed by atoms with van der Waals surface area (Å²) >= 11 is 0. The maximum Gasteiger partial charge on any atom is 0.222 e. The highest BCUT2D eigenvalue weighted by atomic mass is 35.5. The Kier molecular flexibility index (Phi) is 6.50. The molecule has 0 fully saturated rings. The zero-order valence-electron chi connectivity index (χ0n) is 12.3. The van der Waals surface area contributed by atoms with E-state index in [1.54, 1.807) is 4.90 Å². The Balaban J connectivity index is 0.00000200. The number of rotatable bonds is 4. The summed E-state index contributed by atoms with van der Waals surface area (Å²) in [6.07, 6.45) is 3.90. The third-order valence-corrected chi connectivity index (χ3v) is 4.31. The molecule has 0 saturated carbocycles. The minimum atomic E-state index is 0. The molecule has 4 heteroatoms. The number of hydrogen-bond donors (Lipinski definition) is 1. The number of benzene rings is 1. The summed E-state index contributed by atoms with van der Waals surface area (Å²) in [6.45, 7) is 2.52. The molecule has 0 bridgehead atoms. The zero-order chi connectivity index (χ0) is 13.8. The van der Waals surface area contributed by atoms with Gasteiger partial charge in [-0.25, -0.2) is 0 Å². The monoisotopic (exact) mass is 296 g/mol. The van der Waals surface area contributed by atoms with Crippen LogP contribution in [0.1, 0.15) is 30.9 Å². The van der Waals surface area contributed by atoms with Crippen LogP contribution in [0.15, 0.2) is 24.3 Å². The van der Waals surface area contributed by atoms with Crippen molar-refractivity contribution in [3.05, 3.63) is 35.4 Å². The molecule has 1 amide bonds. The van der Waals surface area contributed by atoms with Crippen molar-refractivity contribution in [2.75, 3.05) is 13.6 Å². The third kappa shape index (κ3) is 3.97. The van der Waals surface area contributed by atoms with Gasteiger partial charge in [0.25, 0.3) is 0 Å². The first-order chi connectivity index (χ1) is 9.11. The van der Waals surface area contributed by atoms with E-state index in [1.807, 2.05) is 14.0 Å². The second-order valence-corrected chi connectivity index (χ2v) is 5.67. The molecule has 0 aromatic heterocycles. The molecule has 3 nitrogen and oxygen atoms in total. The van der Waals surface area contributed by atoms with E-state index >= 15 is 0 Å². The molecule has 0 saturated heterocycles. The molecule has 0 heterocycles. The van der Waals surface area contributed by atoms with E-state index in [2.05, 4.69) is 24.3 Å². The smallest absolute Gasteiger partial charge is 0.222 e. The molecule has 1 aromatic carbocycles. The number of carbonyl (C=O) groups is 1. The molecule has 2 rings (SSSR count). The van der Waals surface area contributed by atoms with Crippen LogP contribution in [0.3, 0.4) is 0 Å². The lowest BCUT2D eigenvalue weighted by molar-refractivity contribution is -0.132. The molecule has 1 aliphatic carbocycles. The first-order valence-electron chi connectivity index (χ1n) is 7.14. The van der Waals surface area contributed by atoms with Gasteiger partial charge >= 0.3 is 0 Å². The lowest BCUT2D eigenvalue weighted by atomic mass is 9.82. The largest absolute Gasteiger partial charge is 0.342 e. The number of nitrogens with two attached hydrogens (primary N) is 1. The highest BCUT2D eigenvalue weighted by Crippen LogP contribution is 2.27. The van der Waals surface area contributed by atoms with Crippen LogP contribution in [0.4, 0.5) is 0 Å². The van der Waals surface area contributed by atoms with Crippen molar-refractivity contribution in [2.24, 2.45) is 11.7 Å². The molecule has 0 radical (unpaired) electrons. The quantitative estimate of drug-likeness (QED) is 0.927. The van der Waals surface area contributed by atoms with Crippen molar-refractivity contribution < 1.29 is 4.79 Å². The van der Waals surface area contributed by atoms with Gasteiger partial charge in [-0.3, -0.25) is 4.79 Å². The van der Waals surface area contributed by atoms with Gasteiger partial charge in [0.05, 0.1) is 0 Å². The van der Waals surface area contributed by atoms with Crippen LogP contribution in [0, 0.1) is 5.92 Å². The number of hydrogen-bond acceptors (Lipinski definition) is 2. The maximum atomic E-state index is 12.2. The van der Waals surface area contributed by atoms with Gasteiger partial charge in [0.2, 0.25) is 5.91 Å². The minimum absolute atomic E-state index is 0. The highest BCUT2D eigenvalue weighted by Gasteiger charge is 2.23. The van der Waals surface area contributed by atoms with Crippen LogP contribution < -0.4 is 5.73 Å². The standard InChI is InChI=1S/C16H24N2O.ClH/c1-12(11-17)18(2)16(19)10-13-7-8-14-5-3-4-6-15(14)9-13;/h3-6,12-13H,7-11,17H2,1-2H3;1H. The molecule has 112 valence electrons. The summed E-state index contributed by atoms with van der Waals surface area (Å²) in [5.74, 6) is 0.706. The Morgan fingerprint density at radius 1 is 1.40 bits per heavy atom. The fourth-order valence-electron chi connectivity index (χ4n) is 2.74. The van der Waals surface area contributed by atoms with Crippen LogP contribution in [0.2, 0.25) is 0 Å². The normalized spacial score (nSPS) is 18.6. The van der Waals surface area contributed by atoms with Crippen LogP contribution >= 0.6 is 12.4 Å². The summed E-state index contributed by atoms with van der Waals surface area (Å²) in [5.41, 5.74) is 8.48. The number of fused-ring (bicyclic) bond motifs is 1. The summed E-state index contributed by atoms with van der Waals surface area (Å²) < 4.78 is 0. The summed E-state index contributed by atoms with van der Waals surface area (Å²) in [4.78, 5) is 14.0. The van der Waals surface area contributed by atoms with E-state index in [-0.39, 0.29) is 24.4 Å². The topological polar surface area (TPSA) is 46.3 Å². The van der Waals surface area contributed by atoms with Crippen LogP contribution in [-0.4, -0.2) is 30.4 Å². The summed E-state index contributed by atoms with van der Waals surface area (Å²) in [5, 5.41) is 0. The molecule has 1 aliphatic rings. The number of halogens is 1. The predicted molar refractivity (Wildman–Crippen MR) is 85.1 cm³/mol. The van der Waals surface area contributed by atoms with Gasteiger partial charge in [0.15, 0.2) is 0 Å². The lowest BCUT2D eigenvalue weighted by Gasteiger charge is -2.28. The van der Waals surface area contributed by atoms with Gasteiger partial charge in [-0.1, -0.05) is 24.3 Å². The third-order valence-electron chi connectivity index (χ3n) is 4.31. The van der Waals surface area contributed by atoms with Crippen molar-refractivity contribution in [1.29, 1.82) is 0 Å². The summed E-state index contributed by atoms with van der Waals surface area (Å²) in [6, 6.07) is 8.71. The van der Waals surface area contributed by atoms with Gasteiger partial charge in [-0.2, -0.15) is 0 Å². The van der Waals surface area contributed by atoms with Crippen LogP contribution in [-0.2, 0) is 17.6 Å². The predicted octanol–water partition coefficient (Wildman–Crippen LogP) is 2.41. The Hall–Kier alpha value is -1.06. The van der Waals surface area contributed by atoms with Crippen molar-refractivity contribution in [3.8, 4) is 0 Å². The molecule has 2 atom stereocenters. The van der Waals surface area contributed by atoms with Crippen molar-refractivity contribution in [1.82, 2.24) is 4.90 Å². The second kappa shape index (κ2) is 7.65. The van der Waals surface area contributed by atoms with E-state index in [1.165, 1.54) is 11.1 Å². The van der Waals surface area contributed by atoms with E-state index in [4.69, 9.17) is 5.73 Å². The fourth-order valence-corrected chi connectivity index (χ4v) is 2.74. The molecule has 0 aliphatic heterocycles. The summed E-state index contributed by atoms with van der Waals surface area (Å²) in [7, 11) is 1.86. The lowest BCUT2D eigenvalue weighted by Crippen LogP contribution is -2.40. The molecule has 0 spiro atoms. The molecule has 2 N–H and O–H groups in total. The number of likely N-dealkylation sites (N-methyl/N-ethyl adjacent to an activating group) is 1. The van der Waals surface area contributed by atoms with E-state index in [0.29, 0.717) is 18.9 Å². The van der Waals surface area contributed by atoms with Crippen molar-refractivity contribution in [3.63, 3.8) is 0 Å². The van der Waals surface area contributed by atoms with Gasteiger partial charge in [-0.05, 0) is 43.2 Å². The highest BCUT2D eigenvalue weighted by molar-refractivity contribution is 5.85. The Labute approximate surface area is 127 Å².